The van der Waals surface area contributed by atoms with Crippen molar-refractivity contribution in [1.82, 2.24) is 14.9 Å². The van der Waals surface area contributed by atoms with Crippen molar-refractivity contribution >= 4 is 11.7 Å². The summed E-state index contributed by atoms with van der Waals surface area (Å²) in [5.74, 6) is 0.306. The predicted molar refractivity (Wildman–Crippen MR) is 80.5 cm³/mol. The molecule has 3 N–H and O–H groups in total. The van der Waals surface area contributed by atoms with E-state index in [1.807, 2.05) is 19.1 Å². The molecule has 0 aliphatic heterocycles. The van der Waals surface area contributed by atoms with E-state index < -0.39 is 0 Å². The Bertz CT molecular complexity index is 613. The number of benzene rings is 1. The molecule has 6 nitrogen and oxygen atoms in total. The van der Waals surface area contributed by atoms with E-state index in [9.17, 15) is 4.79 Å². The third kappa shape index (κ3) is 3.55. The number of nitrogens with two attached hydrogens (primary N) is 1. The fourth-order valence-corrected chi connectivity index (χ4v) is 2.02. The van der Waals surface area contributed by atoms with Crippen LogP contribution in [0.25, 0.3) is 11.3 Å². The number of nitrogen functional groups attached to an aromatic ring is 1. The predicted octanol–water partition coefficient (Wildman–Crippen LogP) is 1.18. The number of aromatic nitrogens is 2. The molecule has 1 amide bonds. The summed E-state index contributed by atoms with van der Waals surface area (Å²) < 4.78 is 0. The van der Waals surface area contributed by atoms with Crippen LogP contribution in [0, 0.1) is 0 Å². The van der Waals surface area contributed by atoms with E-state index in [1.165, 1.54) is 6.33 Å². The largest absolute Gasteiger partial charge is 0.395 e. The summed E-state index contributed by atoms with van der Waals surface area (Å²) in [5, 5.41) is 8.96. The van der Waals surface area contributed by atoms with Crippen LogP contribution in [0.1, 0.15) is 17.3 Å². The van der Waals surface area contributed by atoms with Crippen LogP contribution in [0.5, 0.6) is 0 Å². The van der Waals surface area contributed by atoms with Crippen molar-refractivity contribution in [2.24, 2.45) is 0 Å². The lowest BCUT2D eigenvalue weighted by molar-refractivity contribution is 0.0732. The van der Waals surface area contributed by atoms with Crippen LogP contribution in [-0.2, 0) is 0 Å². The quantitative estimate of drug-likeness (QED) is 0.861. The monoisotopic (exact) mass is 286 g/mol. The second kappa shape index (κ2) is 6.81. The molecule has 0 fully saturated rings. The molecule has 2 aromatic rings. The van der Waals surface area contributed by atoms with Gasteiger partial charge in [0.05, 0.1) is 12.3 Å². The second-order valence-electron chi connectivity index (χ2n) is 4.51. The first-order valence-electron chi connectivity index (χ1n) is 6.73. The van der Waals surface area contributed by atoms with Gasteiger partial charge in [-0.1, -0.05) is 12.1 Å². The SMILES string of the molecule is CCN(CCO)C(=O)c1ccc(-c2cc(N)ncn2)cc1. The van der Waals surface area contributed by atoms with Gasteiger partial charge in [-0.05, 0) is 19.1 Å². The van der Waals surface area contributed by atoms with Crippen molar-refractivity contribution in [3.63, 3.8) is 0 Å². The Balaban J connectivity index is 2.20. The summed E-state index contributed by atoms with van der Waals surface area (Å²) in [5.41, 5.74) is 7.79. The lowest BCUT2D eigenvalue weighted by atomic mass is 10.1. The van der Waals surface area contributed by atoms with Gasteiger partial charge in [-0.3, -0.25) is 4.79 Å². The number of nitrogens with zero attached hydrogens (tertiary/aromatic N) is 3. The third-order valence-electron chi connectivity index (χ3n) is 3.15. The number of rotatable bonds is 5. The number of hydrogen-bond acceptors (Lipinski definition) is 5. The molecule has 2 rings (SSSR count). The maximum absolute atomic E-state index is 12.2. The van der Waals surface area contributed by atoms with Crippen molar-refractivity contribution in [1.29, 1.82) is 0 Å². The molecule has 21 heavy (non-hydrogen) atoms. The first-order chi connectivity index (χ1) is 10.2. The number of aliphatic hydroxyl groups is 1. The maximum Gasteiger partial charge on any atom is 0.253 e. The number of anilines is 1. The molecule has 0 atom stereocenters. The number of hydrogen-bond donors (Lipinski definition) is 2. The van der Waals surface area contributed by atoms with Gasteiger partial charge in [0.2, 0.25) is 0 Å². The molecule has 0 aliphatic rings. The first-order valence-corrected chi connectivity index (χ1v) is 6.73. The highest BCUT2D eigenvalue weighted by Crippen LogP contribution is 2.19. The van der Waals surface area contributed by atoms with Gasteiger partial charge in [-0.15, -0.1) is 0 Å². The second-order valence-corrected chi connectivity index (χ2v) is 4.51. The van der Waals surface area contributed by atoms with Gasteiger partial charge >= 0.3 is 0 Å². The van der Waals surface area contributed by atoms with Gasteiger partial charge in [-0.2, -0.15) is 0 Å². The molecule has 0 bridgehead atoms. The number of likely N-dealkylation sites (N-methyl/N-ethyl adjacent to an activating group) is 1. The Hall–Kier alpha value is -2.47. The van der Waals surface area contributed by atoms with Crippen molar-refractivity contribution in [3.8, 4) is 11.3 Å². The van der Waals surface area contributed by atoms with Gasteiger partial charge in [0.25, 0.3) is 5.91 Å². The van der Waals surface area contributed by atoms with Gasteiger partial charge in [0, 0.05) is 30.3 Å². The molecule has 110 valence electrons. The maximum atomic E-state index is 12.2. The Morgan fingerprint density at radius 1 is 1.29 bits per heavy atom. The minimum atomic E-state index is -0.0969. The third-order valence-corrected chi connectivity index (χ3v) is 3.15. The van der Waals surface area contributed by atoms with Gasteiger partial charge in [0.15, 0.2) is 0 Å². The summed E-state index contributed by atoms with van der Waals surface area (Å²) in [6.45, 7) is 2.73. The van der Waals surface area contributed by atoms with Crippen molar-refractivity contribution in [2.45, 2.75) is 6.92 Å². The summed E-state index contributed by atoms with van der Waals surface area (Å²) in [7, 11) is 0. The summed E-state index contributed by atoms with van der Waals surface area (Å²) in [6, 6.07) is 8.82. The molecule has 1 heterocycles. The molecule has 0 saturated heterocycles. The summed E-state index contributed by atoms with van der Waals surface area (Å²) in [6.07, 6.45) is 1.41. The first kappa shape index (κ1) is 14.9. The molecular weight excluding hydrogens is 268 g/mol. The van der Waals surface area contributed by atoms with Crippen LogP contribution in [0.4, 0.5) is 5.82 Å². The minimum absolute atomic E-state index is 0.0438. The molecule has 0 saturated carbocycles. The minimum Gasteiger partial charge on any atom is -0.395 e. The van der Waals surface area contributed by atoms with E-state index in [2.05, 4.69) is 9.97 Å². The highest BCUT2D eigenvalue weighted by molar-refractivity contribution is 5.94. The normalized spacial score (nSPS) is 10.4. The van der Waals surface area contributed by atoms with E-state index in [-0.39, 0.29) is 12.5 Å². The van der Waals surface area contributed by atoms with E-state index >= 15 is 0 Å². The average molecular weight is 286 g/mol. The zero-order valence-corrected chi connectivity index (χ0v) is 11.9. The molecule has 0 spiro atoms. The number of aliphatic hydroxyl groups excluding tert-OH is 1. The fraction of sp³-hybridized carbons (Fsp3) is 0.267. The Kier molecular flexibility index (Phi) is 4.84. The van der Waals surface area contributed by atoms with Gasteiger partial charge in [0.1, 0.15) is 12.1 Å². The average Bonchev–Trinajstić information content (AvgIpc) is 2.52. The standard InChI is InChI=1S/C15H18N4O2/c1-2-19(7-8-20)15(21)12-5-3-11(4-6-12)13-9-14(16)18-10-17-13/h3-6,9-10,20H,2,7-8H2,1H3,(H2,16,17,18). The Labute approximate surface area is 123 Å². The van der Waals surface area contributed by atoms with E-state index in [1.54, 1.807) is 23.1 Å². The topological polar surface area (TPSA) is 92.3 Å². The van der Waals surface area contributed by atoms with Crippen LogP contribution in [0.2, 0.25) is 0 Å². The summed E-state index contributed by atoms with van der Waals surface area (Å²) in [4.78, 5) is 21.8. The van der Waals surface area contributed by atoms with Gasteiger partial charge in [-0.25, -0.2) is 9.97 Å². The van der Waals surface area contributed by atoms with Crippen LogP contribution >= 0.6 is 0 Å². The molecular formula is C15H18N4O2. The number of amides is 1. The Morgan fingerprint density at radius 2 is 2.00 bits per heavy atom. The highest BCUT2D eigenvalue weighted by Gasteiger charge is 2.13. The summed E-state index contributed by atoms with van der Waals surface area (Å²) >= 11 is 0. The van der Waals surface area contributed by atoms with Gasteiger partial charge < -0.3 is 15.7 Å². The molecule has 0 unspecified atom stereocenters. The van der Waals surface area contributed by atoms with Crippen LogP contribution in [-0.4, -0.2) is 45.6 Å². The lowest BCUT2D eigenvalue weighted by Gasteiger charge is -2.19. The molecule has 1 aromatic heterocycles. The Morgan fingerprint density at radius 3 is 2.57 bits per heavy atom. The van der Waals surface area contributed by atoms with E-state index in [4.69, 9.17) is 10.8 Å². The van der Waals surface area contributed by atoms with Crippen LogP contribution < -0.4 is 5.73 Å². The molecule has 0 radical (unpaired) electrons. The zero-order valence-electron chi connectivity index (χ0n) is 11.9. The molecule has 1 aromatic carbocycles. The number of carbonyl (C=O) groups is 1. The molecule has 0 aliphatic carbocycles. The van der Waals surface area contributed by atoms with Crippen LogP contribution in [0.3, 0.4) is 0 Å². The van der Waals surface area contributed by atoms with Crippen molar-refractivity contribution in [3.05, 3.63) is 42.2 Å². The fourth-order valence-electron chi connectivity index (χ4n) is 2.02. The van der Waals surface area contributed by atoms with Crippen molar-refractivity contribution < 1.29 is 9.90 Å². The zero-order chi connectivity index (χ0) is 15.2. The highest BCUT2D eigenvalue weighted by atomic mass is 16.3. The smallest absolute Gasteiger partial charge is 0.253 e. The van der Waals surface area contributed by atoms with E-state index in [0.717, 1.165) is 5.56 Å². The molecule has 6 heteroatoms. The van der Waals surface area contributed by atoms with E-state index in [0.29, 0.717) is 30.2 Å². The lowest BCUT2D eigenvalue weighted by Crippen LogP contribution is -2.33. The van der Waals surface area contributed by atoms with Crippen LogP contribution in [0.15, 0.2) is 36.7 Å². The van der Waals surface area contributed by atoms with Crippen molar-refractivity contribution in [2.75, 3.05) is 25.4 Å². The number of carbonyl (C=O) groups excluding carboxylic acids is 1.